The van der Waals surface area contributed by atoms with Crippen molar-refractivity contribution in [3.63, 3.8) is 0 Å². The molecule has 45 heavy (non-hydrogen) atoms. The predicted molar refractivity (Wildman–Crippen MR) is 171 cm³/mol. The molecule has 10 atom stereocenters. The molecule has 0 radical (unpaired) electrons. The number of rotatable bonds is 5. The number of hydrogen-bond acceptors (Lipinski definition) is 5. The summed E-state index contributed by atoms with van der Waals surface area (Å²) in [5.74, 6) is 9.55. The first-order valence-electron chi connectivity index (χ1n) is 17.5. The Kier molecular flexibility index (Phi) is 5.94. The van der Waals surface area contributed by atoms with Gasteiger partial charge >= 0.3 is 11.9 Å². The fourth-order valence-corrected chi connectivity index (χ4v) is 12.0. The Labute approximate surface area is 266 Å². The van der Waals surface area contributed by atoms with Gasteiger partial charge in [-0.05, 0) is 99.1 Å². The lowest BCUT2D eigenvalue weighted by molar-refractivity contribution is -0.272. The number of allylic oxidation sites excluding steroid dienone is 6. The summed E-state index contributed by atoms with van der Waals surface area (Å²) in [7, 11) is 0. The molecule has 1 aromatic carbocycles. The third-order valence-electron chi connectivity index (χ3n) is 13.5. The summed E-state index contributed by atoms with van der Waals surface area (Å²) < 4.78 is 13.3. The van der Waals surface area contributed by atoms with E-state index in [0.29, 0.717) is 36.3 Å². The minimum Gasteiger partial charge on any atom is -0.449 e. The van der Waals surface area contributed by atoms with Gasteiger partial charge < -0.3 is 15.2 Å². The summed E-state index contributed by atoms with van der Waals surface area (Å²) in [5, 5.41) is 0. The van der Waals surface area contributed by atoms with Crippen molar-refractivity contribution < 1.29 is 19.1 Å². The van der Waals surface area contributed by atoms with Gasteiger partial charge in [0.2, 0.25) is 0 Å². The maximum atomic E-state index is 14.4. The van der Waals surface area contributed by atoms with Crippen LogP contribution in [0.3, 0.4) is 0 Å². The number of hydrogen-bond donors (Lipinski definition) is 1. The molecule has 3 saturated carbocycles. The van der Waals surface area contributed by atoms with Gasteiger partial charge in [-0.1, -0.05) is 79.8 Å². The lowest BCUT2D eigenvalue weighted by atomic mass is 9.31. The number of benzene rings is 1. The van der Waals surface area contributed by atoms with E-state index in [4.69, 9.17) is 15.2 Å². The summed E-state index contributed by atoms with van der Waals surface area (Å²) in [4.78, 5) is 28.4. The van der Waals surface area contributed by atoms with E-state index in [-0.39, 0.29) is 29.2 Å². The number of fused-ring (bicyclic) bond motifs is 5. The van der Waals surface area contributed by atoms with Crippen molar-refractivity contribution in [3.8, 4) is 11.8 Å². The molecule has 5 nitrogen and oxygen atoms in total. The summed E-state index contributed by atoms with van der Waals surface area (Å²) in [5.41, 5.74) is 5.94. The molecule has 2 heterocycles. The standard InChI is InChI=1S/C40H43NO4/c1-2-7-32-38-20-18-25-12-14-27-15-13-26-22-29-10-3-4-19-37(29,23-26)30(27)16-17-33(44-36(38)43)39(38,24-25)40(32)31-11-5-8-28(9-6-21-41)34(31)35(42)45-40/h3-5,8,10-11,17-20,25-27,29-30,32H,2,6-7,9,13,15-16,21-24,41H2,1H3/t25-,26-,27+,29-,30+,32+,37+,38-,39+,40-/m0/s1. The second kappa shape index (κ2) is 9.58. The van der Waals surface area contributed by atoms with Gasteiger partial charge in [-0.25, -0.2) is 4.79 Å². The fraction of sp³-hybridized carbons (Fsp3) is 0.550. The molecule has 4 bridgehead atoms. The maximum Gasteiger partial charge on any atom is 0.339 e. The second-order valence-electron chi connectivity index (χ2n) is 15.2. The molecule has 2 N–H and O–H groups in total. The second-order valence-corrected chi connectivity index (χ2v) is 15.2. The maximum absolute atomic E-state index is 14.4. The summed E-state index contributed by atoms with van der Waals surface area (Å²) >= 11 is 0. The summed E-state index contributed by atoms with van der Waals surface area (Å²) in [6.45, 7) is 2.71. The average Bonchev–Trinajstić information content (AvgIpc) is 3.62. The van der Waals surface area contributed by atoms with E-state index in [1.807, 2.05) is 6.07 Å². The van der Waals surface area contributed by atoms with Gasteiger partial charge in [0.1, 0.15) is 11.2 Å². The Morgan fingerprint density at radius 3 is 2.84 bits per heavy atom. The van der Waals surface area contributed by atoms with Crippen LogP contribution in [0.4, 0.5) is 0 Å². The zero-order valence-corrected chi connectivity index (χ0v) is 26.2. The molecule has 1 aromatic rings. The molecule has 0 amide bonds. The Bertz CT molecular complexity index is 1690. The number of aryl methyl sites for hydroxylation is 1. The van der Waals surface area contributed by atoms with Crippen LogP contribution >= 0.6 is 0 Å². The average molecular weight is 602 g/mol. The zero-order chi connectivity index (χ0) is 30.6. The monoisotopic (exact) mass is 601 g/mol. The van der Waals surface area contributed by atoms with E-state index >= 15 is 0 Å². The van der Waals surface area contributed by atoms with Crippen molar-refractivity contribution in [2.75, 3.05) is 6.54 Å². The van der Waals surface area contributed by atoms with Crippen LogP contribution < -0.4 is 5.73 Å². The zero-order valence-electron chi connectivity index (χ0n) is 26.2. The van der Waals surface area contributed by atoms with Crippen molar-refractivity contribution >= 4 is 11.9 Å². The first kappa shape index (κ1) is 27.9. The van der Waals surface area contributed by atoms with Crippen LogP contribution in [-0.4, -0.2) is 18.5 Å². The summed E-state index contributed by atoms with van der Waals surface area (Å²) in [6.07, 6.45) is 25.4. The van der Waals surface area contributed by atoms with E-state index in [1.165, 1.54) is 19.3 Å². The molecule has 9 rings (SSSR count). The molecule has 232 valence electrons. The van der Waals surface area contributed by atoms with Crippen LogP contribution in [0, 0.1) is 63.6 Å². The van der Waals surface area contributed by atoms with Crippen LogP contribution in [0.25, 0.3) is 0 Å². The molecular formula is C40H43NO4. The first-order chi connectivity index (χ1) is 21.9. The first-order valence-corrected chi connectivity index (χ1v) is 17.5. The highest BCUT2D eigenvalue weighted by Crippen LogP contribution is 2.84. The molecule has 1 saturated heterocycles. The van der Waals surface area contributed by atoms with E-state index in [9.17, 15) is 9.59 Å². The van der Waals surface area contributed by atoms with E-state index < -0.39 is 16.4 Å². The Hall–Kier alpha value is -3.36. The van der Waals surface area contributed by atoms with Crippen LogP contribution in [-0.2, 0) is 26.3 Å². The lowest BCUT2D eigenvalue weighted by Crippen LogP contribution is -2.75. The molecule has 2 aliphatic heterocycles. The molecule has 4 fully saturated rings. The van der Waals surface area contributed by atoms with Gasteiger partial charge in [-0.3, -0.25) is 4.79 Å². The van der Waals surface area contributed by atoms with Crippen molar-refractivity contribution in [1.82, 2.24) is 0 Å². The van der Waals surface area contributed by atoms with E-state index in [0.717, 1.165) is 61.3 Å². The molecule has 0 aromatic heterocycles. The molecule has 5 heteroatoms. The quantitative estimate of drug-likeness (QED) is 0.225. The van der Waals surface area contributed by atoms with Crippen molar-refractivity contribution in [3.05, 3.63) is 83.2 Å². The number of nitrogens with two attached hydrogens (primary N) is 1. The van der Waals surface area contributed by atoms with Crippen molar-refractivity contribution in [2.24, 2.45) is 57.5 Å². The minimum absolute atomic E-state index is 0.0482. The van der Waals surface area contributed by atoms with E-state index in [1.54, 1.807) is 0 Å². The van der Waals surface area contributed by atoms with E-state index in [2.05, 4.69) is 73.4 Å². The van der Waals surface area contributed by atoms with Gasteiger partial charge in [-0.2, -0.15) is 0 Å². The third kappa shape index (κ3) is 3.20. The minimum atomic E-state index is -0.967. The Morgan fingerprint density at radius 1 is 1.07 bits per heavy atom. The highest BCUT2D eigenvalue weighted by atomic mass is 16.6. The Balaban J connectivity index is 1.25. The largest absolute Gasteiger partial charge is 0.449 e. The van der Waals surface area contributed by atoms with Crippen molar-refractivity contribution in [2.45, 2.75) is 76.7 Å². The molecule has 8 aliphatic rings. The SMILES string of the molecule is CCC[C@@H]1[C@@]23C=C[C@@H]4C#C[C@@H]5CC[C@H]6C[C@@H]7C=CC=C[C@]7(C6)[C@@H]5CC=C(OC2=O)[C@@]3(C4)[C@@]12OC(=O)c1c(CCCN)cccc12. The number of ether oxygens (including phenoxy) is 2. The third-order valence-corrected chi connectivity index (χ3v) is 13.5. The van der Waals surface area contributed by atoms with Gasteiger partial charge in [0, 0.05) is 23.3 Å². The summed E-state index contributed by atoms with van der Waals surface area (Å²) in [6, 6.07) is 6.18. The highest BCUT2D eigenvalue weighted by molar-refractivity contribution is 5.99. The topological polar surface area (TPSA) is 78.6 Å². The van der Waals surface area contributed by atoms with Gasteiger partial charge in [0.15, 0.2) is 5.60 Å². The number of carbonyl (C=O) groups is 2. The van der Waals surface area contributed by atoms with Crippen LogP contribution in [0.1, 0.15) is 86.2 Å². The fourth-order valence-electron chi connectivity index (χ4n) is 12.0. The smallest absolute Gasteiger partial charge is 0.339 e. The van der Waals surface area contributed by atoms with Gasteiger partial charge in [-0.15, -0.1) is 0 Å². The van der Waals surface area contributed by atoms with Gasteiger partial charge in [0.25, 0.3) is 0 Å². The van der Waals surface area contributed by atoms with Crippen LogP contribution in [0.2, 0.25) is 0 Å². The predicted octanol–water partition coefficient (Wildman–Crippen LogP) is 6.94. The molecule has 3 spiro atoms. The van der Waals surface area contributed by atoms with Crippen LogP contribution in [0.5, 0.6) is 0 Å². The molecule has 0 unspecified atom stereocenters. The normalized spacial score (nSPS) is 43.9. The molecule has 6 aliphatic carbocycles. The van der Waals surface area contributed by atoms with Crippen LogP contribution in [0.15, 0.2) is 66.5 Å². The van der Waals surface area contributed by atoms with Crippen molar-refractivity contribution in [1.29, 1.82) is 0 Å². The highest BCUT2D eigenvalue weighted by Gasteiger charge is 2.91. The number of esters is 2. The Morgan fingerprint density at radius 2 is 1.98 bits per heavy atom. The lowest BCUT2D eigenvalue weighted by Gasteiger charge is -2.69. The number of carbonyl (C=O) groups excluding carboxylic acids is 2. The van der Waals surface area contributed by atoms with Gasteiger partial charge in [0.05, 0.1) is 11.0 Å². The molecular weight excluding hydrogens is 558 g/mol.